The molecular formula is C18H18ClN3O2S. The highest BCUT2D eigenvalue weighted by molar-refractivity contribution is 8.00. The molecule has 2 heterocycles. The third kappa shape index (κ3) is 4.74. The summed E-state index contributed by atoms with van der Waals surface area (Å²) in [5.41, 5.74) is 0.623. The number of nitrogens with zero attached hydrogens (tertiary/aromatic N) is 3. The largest absolute Gasteiger partial charge is 0.338 e. The predicted octanol–water partition coefficient (Wildman–Crippen LogP) is 2.81. The fraction of sp³-hybridized carbons (Fsp3) is 0.278. The zero-order chi connectivity index (χ0) is 17.6. The van der Waals surface area contributed by atoms with Crippen LogP contribution in [0.1, 0.15) is 10.4 Å². The molecule has 1 aliphatic rings. The maximum absolute atomic E-state index is 12.5. The second-order valence-corrected chi connectivity index (χ2v) is 7.14. The van der Waals surface area contributed by atoms with Crippen molar-refractivity contribution >= 4 is 35.2 Å². The fourth-order valence-electron chi connectivity index (χ4n) is 2.60. The standard InChI is InChI=1S/C18H18ClN3O2S/c19-15-3-1-14(2-4-15)18(24)22-11-9-21(10-12-22)17(23)13-25-16-5-7-20-8-6-16/h1-8H,9-13H2. The molecule has 1 aromatic heterocycles. The molecule has 130 valence electrons. The van der Waals surface area contributed by atoms with Gasteiger partial charge >= 0.3 is 0 Å². The van der Waals surface area contributed by atoms with Gasteiger partial charge in [-0.25, -0.2) is 0 Å². The second-order valence-electron chi connectivity index (χ2n) is 5.65. The van der Waals surface area contributed by atoms with Gasteiger partial charge < -0.3 is 9.80 Å². The predicted molar refractivity (Wildman–Crippen MR) is 98.9 cm³/mol. The minimum atomic E-state index is -0.0186. The molecule has 0 bridgehead atoms. The highest BCUT2D eigenvalue weighted by Gasteiger charge is 2.24. The van der Waals surface area contributed by atoms with Gasteiger partial charge in [-0.2, -0.15) is 0 Å². The van der Waals surface area contributed by atoms with Gasteiger partial charge in [-0.1, -0.05) is 11.6 Å². The zero-order valence-electron chi connectivity index (χ0n) is 13.6. The third-order valence-electron chi connectivity index (χ3n) is 4.02. The molecule has 0 N–H and O–H groups in total. The summed E-state index contributed by atoms with van der Waals surface area (Å²) in [6.45, 7) is 2.23. The van der Waals surface area contributed by atoms with Gasteiger partial charge in [0.25, 0.3) is 5.91 Å². The Hall–Kier alpha value is -2.05. The average Bonchev–Trinajstić information content (AvgIpc) is 2.67. The molecule has 0 saturated carbocycles. The van der Waals surface area contributed by atoms with E-state index in [4.69, 9.17) is 11.6 Å². The van der Waals surface area contributed by atoms with Gasteiger partial charge in [-0.05, 0) is 36.4 Å². The summed E-state index contributed by atoms with van der Waals surface area (Å²) in [6.07, 6.45) is 3.43. The van der Waals surface area contributed by atoms with E-state index >= 15 is 0 Å². The Bertz CT molecular complexity index is 732. The van der Waals surface area contributed by atoms with Crippen molar-refractivity contribution in [3.8, 4) is 0 Å². The van der Waals surface area contributed by atoms with Crippen molar-refractivity contribution in [3.63, 3.8) is 0 Å². The lowest BCUT2D eigenvalue weighted by atomic mass is 10.2. The molecule has 3 rings (SSSR count). The lowest BCUT2D eigenvalue weighted by molar-refractivity contribution is -0.129. The number of aromatic nitrogens is 1. The number of carbonyl (C=O) groups is 2. The van der Waals surface area contributed by atoms with Crippen molar-refractivity contribution in [2.75, 3.05) is 31.9 Å². The first kappa shape index (κ1) is 17.8. The molecule has 25 heavy (non-hydrogen) atoms. The molecule has 1 saturated heterocycles. The fourth-order valence-corrected chi connectivity index (χ4v) is 3.52. The maximum Gasteiger partial charge on any atom is 0.253 e. The van der Waals surface area contributed by atoms with E-state index in [1.165, 1.54) is 11.8 Å². The van der Waals surface area contributed by atoms with Crippen LogP contribution in [0.25, 0.3) is 0 Å². The Labute approximate surface area is 156 Å². The third-order valence-corrected chi connectivity index (χ3v) is 5.27. The van der Waals surface area contributed by atoms with Crippen LogP contribution in [0.4, 0.5) is 0 Å². The van der Waals surface area contributed by atoms with E-state index in [2.05, 4.69) is 4.98 Å². The first-order valence-corrected chi connectivity index (χ1v) is 9.35. The molecule has 1 fully saturated rings. The number of hydrogen-bond acceptors (Lipinski definition) is 4. The lowest BCUT2D eigenvalue weighted by Gasteiger charge is -2.34. The van der Waals surface area contributed by atoms with Crippen LogP contribution in [0, 0.1) is 0 Å². The number of pyridine rings is 1. The van der Waals surface area contributed by atoms with Gasteiger partial charge in [0.1, 0.15) is 0 Å². The van der Waals surface area contributed by atoms with Crippen molar-refractivity contribution < 1.29 is 9.59 Å². The Morgan fingerprint density at radius 2 is 1.56 bits per heavy atom. The van der Waals surface area contributed by atoms with Crippen molar-refractivity contribution in [2.45, 2.75) is 4.90 Å². The van der Waals surface area contributed by atoms with Crippen molar-refractivity contribution in [1.82, 2.24) is 14.8 Å². The molecule has 0 atom stereocenters. The Morgan fingerprint density at radius 1 is 0.960 bits per heavy atom. The van der Waals surface area contributed by atoms with Crippen LogP contribution < -0.4 is 0 Å². The Kier molecular flexibility index (Phi) is 5.94. The van der Waals surface area contributed by atoms with Crippen LogP contribution in [0.3, 0.4) is 0 Å². The number of benzene rings is 1. The van der Waals surface area contributed by atoms with Gasteiger partial charge in [0.2, 0.25) is 5.91 Å². The SMILES string of the molecule is O=C(CSc1ccncc1)N1CCN(C(=O)c2ccc(Cl)cc2)CC1. The monoisotopic (exact) mass is 375 g/mol. The summed E-state index contributed by atoms with van der Waals surface area (Å²) in [5.74, 6) is 0.477. The normalized spacial score (nSPS) is 14.4. The number of halogens is 1. The number of hydrogen-bond donors (Lipinski definition) is 0. The summed E-state index contributed by atoms with van der Waals surface area (Å²) in [4.78, 5) is 33.4. The van der Waals surface area contributed by atoms with Crippen LogP contribution in [-0.2, 0) is 4.79 Å². The van der Waals surface area contributed by atoms with E-state index in [0.717, 1.165) is 4.90 Å². The van der Waals surface area contributed by atoms with Crippen LogP contribution in [-0.4, -0.2) is 58.5 Å². The van der Waals surface area contributed by atoms with Gasteiger partial charge in [0, 0.05) is 54.1 Å². The van der Waals surface area contributed by atoms with Crippen LogP contribution in [0.5, 0.6) is 0 Å². The summed E-state index contributed by atoms with van der Waals surface area (Å²) in [5, 5.41) is 0.610. The molecule has 2 amide bonds. The van der Waals surface area contributed by atoms with Crippen molar-refractivity contribution in [2.24, 2.45) is 0 Å². The summed E-state index contributed by atoms with van der Waals surface area (Å²) in [7, 11) is 0. The van der Waals surface area contributed by atoms with Crippen molar-refractivity contribution in [3.05, 3.63) is 59.4 Å². The van der Waals surface area contributed by atoms with E-state index < -0.39 is 0 Å². The second kappa shape index (κ2) is 8.36. The molecule has 5 nitrogen and oxygen atoms in total. The molecule has 0 radical (unpaired) electrons. The number of amides is 2. The Balaban J connectivity index is 1.48. The van der Waals surface area contributed by atoms with E-state index in [0.29, 0.717) is 42.5 Å². The topological polar surface area (TPSA) is 53.5 Å². The van der Waals surface area contributed by atoms with Crippen molar-refractivity contribution in [1.29, 1.82) is 0 Å². The highest BCUT2D eigenvalue weighted by Crippen LogP contribution is 2.18. The molecule has 0 aliphatic carbocycles. The number of rotatable bonds is 4. The number of piperazine rings is 1. The smallest absolute Gasteiger partial charge is 0.253 e. The molecular weight excluding hydrogens is 358 g/mol. The lowest BCUT2D eigenvalue weighted by Crippen LogP contribution is -2.51. The van der Waals surface area contributed by atoms with Gasteiger partial charge in [0.15, 0.2) is 0 Å². The quantitative estimate of drug-likeness (QED) is 0.771. The first-order chi connectivity index (χ1) is 12.1. The van der Waals surface area contributed by atoms with E-state index in [1.807, 2.05) is 17.0 Å². The number of carbonyl (C=O) groups excluding carboxylic acids is 2. The van der Waals surface area contributed by atoms with Crippen LogP contribution in [0.15, 0.2) is 53.7 Å². The Morgan fingerprint density at radius 3 is 2.20 bits per heavy atom. The molecule has 2 aromatic rings. The van der Waals surface area contributed by atoms with Gasteiger partial charge in [0.05, 0.1) is 5.75 Å². The molecule has 7 heteroatoms. The average molecular weight is 376 g/mol. The molecule has 0 unspecified atom stereocenters. The van der Waals surface area contributed by atoms with E-state index in [9.17, 15) is 9.59 Å². The van der Waals surface area contributed by atoms with Crippen LogP contribution >= 0.6 is 23.4 Å². The maximum atomic E-state index is 12.5. The highest BCUT2D eigenvalue weighted by atomic mass is 35.5. The summed E-state index contributed by atoms with van der Waals surface area (Å²) in [6, 6.07) is 10.7. The molecule has 0 spiro atoms. The zero-order valence-corrected chi connectivity index (χ0v) is 15.2. The van der Waals surface area contributed by atoms with Gasteiger partial charge in [-0.15, -0.1) is 11.8 Å². The molecule has 1 aromatic carbocycles. The van der Waals surface area contributed by atoms with E-state index in [-0.39, 0.29) is 11.8 Å². The minimum Gasteiger partial charge on any atom is -0.338 e. The van der Waals surface area contributed by atoms with Crippen LogP contribution in [0.2, 0.25) is 5.02 Å². The number of thioether (sulfide) groups is 1. The van der Waals surface area contributed by atoms with E-state index in [1.54, 1.807) is 41.6 Å². The van der Waals surface area contributed by atoms with Gasteiger partial charge in [-0.3, -0.25) is 14.6 Å². The minimum absolute atomic E-state index is 0.0186. The first-order valence-electron chi connectivity index (χ1n) is 7.99. The summed E-state index contributed by atoms with van der Waals surface area (Å²) >= 11 is 7.36. The summed E-state index contributed by atoms with van der Waals surface area (Å²) < 4.78 is 0. The molecule has 1 aliphatic heterocycles.